The summed E-state index contributed by atoms with van der Waals surface area (Å²) in [6.45, 7) is 3.80. The Bertz CT molecular complexity index is 483. The SMILES string of the molecule is Cn1cnnc1C1CCCN(C(=O)CC2COCCN2)C1. The van der Waals surface area contributed by atoms with Crippen LogP contribution in [0.3, 0.4) is 0 Å². The molecule has 2 aliphatic rings. The second kappa shape index (κ2) is 6.53. The molecule has 7 heteroatoms. The first kappa shape index (κ1) is 14.5. The van der Waals surface area contributed by atoms with Crippen LogP contribution in [0, 0.1) is 0 Å². The maximum Gasteiger partial charge on any atom is 0.224 e. The number of carbonyl (C=O) groups is 1. The van der Waals surface area contributed by atoms with Gasteiger partial charge < -0.3 is 19.5 Å². The molecule has 1 aromatic heterocycles. The lowest BCUT2D eigenvalue weighted by atomic mass is 9.96. The number of morpholine rings is 1. The molecular formula is C14H23N5O2. The summed E-state index contributed by atoms with van der Waals surface area (Å²) < 4.78 is 7.36. The van der Waals surface area contributed by atoms with Crippen LogP contribution < -0.4 is 5.32 Å². The summed E-state index contributed by atoms with van der Waals surface area (Å²) in [5.41, 5.74) is 0. The van der Waals surface area contributed by atoms with Gasteiger partial charge in [0.25, 0.3) is 0 Å². The minimum atomic E-state index is 0.154. The molecule has 2 saturated heterocycles. The fraction of sp³-hybridized carbons (Fsp3) is 0.786. The van der Waals surface area contributed by atoms with E-state index in [-0.39, 0.29) is 11.9 Å². The van der Waals surface area contributed by atoms with Gasteiger partial charge in [-0.1, -0.05) is 0 Å². The van der Waals surface area contributed by atoms with E-state index in [0.29, 0.717) is 18.9 Å². The van der Waals surface area contributed by atoms with Crippen LogP contribution in [0.25, 0.3) is 0 Å². The first-order valence-electron chi connectivity index (χ1n) is 7.67. The third-order valence-corrected chi connectivity index (χ3v) is 4.31. The molecule has 2 unspecified atom stereocenters. The van der Waals surface area contributed by atoms with Crippen molar-refractivity contribution >= 4 is 5.91 Å². The fourth-order valence-electron chi connectivity index (χ4n) is 3.17. The predicted octanol–water partition coefficient (Wildman–Crippen LogP) is -0.100. The maximum absolute atomic E-state index is 12.5. The van der Waals surface area contributed by atoms with Gasteiger partial charge >= 0.3 is 0 Å². The van der Waals surface area contributed by atoms with E-state index in [1.807, 2.05) is 16.5 Å². The maximum atomic E-state index is 12.5. The molecule has 0 spiro atoms. The summed E-state index contributed by atoms with van der Waals surface area (Å²) in [5, 5.41) is 11.5. The van der Waals surface area contributed by atoms with E-state index in [1.165, 1.54) is 0 Å². The third-order valence-electron chi connectivity index (χ3n) is 4.31. The van der Waals surface area contributed by atoms with Crippen LogP contribution in [-0.4, -0.2) is 64.5 Å². The van der Waals surface area contributed by atoms with E-state index in [9.17, 15) is 4.79 Å². The lowest BCUT2D eigenvalue weighted by Crippen LogP contribution is -2.47. The number of carbonyl (C=O) groups excluding carboxylic acids is 1. The summed E-state index contributed by atoms with van der Waals surface area (Å²) in [7, 11) is 1.96. The normalized spacial score (nSPS) is 26.8. The molecule has 1 aromatic rings. The van der Waals surface area contributed by atoms with Crippen LogP contribution in [0.1, 0.15) is 31.0 Å². The van der Waals surface area contributed by atoms with Crippen molar-refractivity contribution in [1.82, 2.24) is 25.0 Å². The van der Waals surface area contributed by atoms with Gasteiger partial charge in [0.2, 0.25) is 5.91 Å². The molecule has 3 rings (SSSR count). The van der Waals surface area contributed by atoms with Gasteiger partial charge in [-0.3, -0.25) is 4.79 Å². The molecule has 1 N–H and O–H groups in total. The molecule has 0 bridgehead atoms. The molecule has 0 aliphatic carbocycles. The topological polar surface area (TPSA) is 72.3 Å². The molecule has 116 valence electrons. The zero-order chi connectivity index (χ0) is 14.7. The van der Waals surface area contributed by atoms with Crippen LogP contribution in [0.2, 0.25) is 0 Å². The Labute approximate surface area is 124 Å². The van der Waals surface area contributed by atoms with Crippen LogP contribution in [0.4, 0.5) is 0 Å². The quantitative estimate of drug-likeness (QED) is 0.842. The fourth-order valence-corrected chi connectivity index (χ4v) is 3.17. The first-order chi connectivity index (χ1) is 10.2. The van der Waals surface area contributed by atoms with Gasteiger partial charge in [0.15, 0.2) is 0 Å². The molecule has 0 aromatic carbocycles. The highest BCUT2D eigenvalue weighted by Crippen LogP contribution is 2.25. The Morgan fingerprint density at radius 2 is 2.48 bits per heavy atom. The van der Waals surface area contributed by atoms with Gasteiger partial charge in [0, 0.05) is 45.1 Å². The molecule has 7 nitrogen and oxygen atoms in total. The molecule has 0 radical (unpaired) electrons. The van der Waals surface area contributed by atoms with Gasteiger partial charge in [-0.25, -0.2) is 0 Å². The summed E-state index contributed by atoms with van der Waals surface area (Å²) in [4.78, 5) is 14.4. The van der Waals surface area contributed by atoms with Crippen LogP contribution >= 0.6 is 0 Å². The number of amides is 1. The number of hydrogen-bond acceptors (Lipinski definition) is 5. The summed E-state index contributed by atoms with van der Waals surface area (Å²) >= 11 is 0. The number of rotatable bonds is 3. The minimum Gasteiger partial charge on any atom is -0.378 e. The zero-order valence-corrected chi connectivity index (χ0v) is 12.5. The van der Waals surface area contributed by atoms with E-state index >= 15 is 0 Å². The largest absolute Gasteiger partial charge is 0.378 e. The van der Waals surface area contributed by atoms with Crippen molar-refractivity contribution in [3.05, 3.63) is 12.2 Å². The number of aryl methyl sites for hydroxylation is 1. The molecule has 2 aliphatic heterocycles. The monoisotopic (exact) mass is 293 g/mol. The minimum absolute atomic E-state index is 0.154. The van der Waals surface area contributed by atoms with Crippen LogP contribution in [0.15, 0.2) is 6.33 Å². The lowest BCUT2D eigenvalue weighted by Gasteiger charge is -2.33. The van der Waals surface area contributed by atoms with E-state index in [0.717, 1.165) is 44.9 Å². The Morgan fingerprint density at radius 3 is 3.19 bits per heavy atom. The van der Waals surface area contributed by atoms with Crippen molar-refractivity contribution in [3.8, 4) is 0 Å². The number of ether oxygens (including phenoxy) is 1. The molecular weight excluding hydrogens is 270 g/mol. The van der Waals surface area contributed by atoms with Gasteiger partial charge in [0.05, 0.1) is 13.2 Å². The number of nitrogens with zero attached hydrogens (tertiary/aromatic N) is 4. The molecule has 0 saturated carbocycles. The van der Waals surface area contributed by atoms with Crippen molar-refractivity contribution in [2.75, 3.05) is 32.8 Å². The van der Waals surface area contributed by atoms with Gasteiger partial charge in [0.1, 0.15) is 12.2 Å². The van der Waals surface area contributed by atoms with Crippen LogP contribution in [-0.2, 0) is 16.6 Å². The summed E-state index contributed by atoms with van der Waals surface area (Å²) in [6, 6.07) is 0.154. The number of likely N-dealkylation sites (tertiary alicyclic amines) is 1. The lowest BCUT2D eigenvalue weighted by molar-refractivity contribution is -0.133. The standard InChI is InChI=1S/C14H23N5O2/c1-18-10-16-17-14(18)11-3-2-5-19(8-11)13(20)7-12-9-21-6-4-15-12/h10-12,15H,2-9H2,1H3. The van der Waals surface area contributed by atoms with E-state index in [4.69, 9.17) is 4.74 Å². The van der Waals surface area contributed by atoms with Crippen molar-refractivity contribution in [2.24, 2.45) is 7.05 Å². The number of aromatic nitrogens is 3. The highest BCUT2D eigenvalue weighted by molar-refractivity contribution is 5.77. The molecule has 2 fully saturated rings. The average molecular weight is 293 g/mol. The Kier molecular flexibility index (Phi) is 4.50. The van der Waals surface area contributed by atoms with Gasteiger partial charge in [-0.2, -0.15) is 0 Å². The second-order valence-electron chi connectivity index (χ2n) is 5.91. The third kappa shape index (κ3) is 3.41. The number of piperidine rings is 1. The predicted molar refractivity (Wildman–Crippen MR) is 76.8 cm³/mol. The number of hydrogen-bond donors (Lipinski definition) is 1. The number of nitrogens with one attached hydrogen (secondary N) is 1. The Balaban J connectivity index is 1.57. The van der Waals surface area contributed by atoms with Crippen LogP contribution in [0.5, 0.6) is 0 Å². The molecule has 1 amide bonds. The molecule has 3 heterocycles. The highest BCUT2D eigenvalue weighted by atomic mass is 16.5. The smallest absolute Gasteiger partial charge is 0.224 e. The van der Waals surface area contributed by atoms with Crippen molar-refractivity contribution in [2.45, 2.75) is 31.2 Å². The van der Waals surface area contributed by atoms with E-state index in [2.05, 4.69) is 15.5 Å². The van der Waals surface area contributed by atoms with E-state index in [1.54, 1.807) is 6.33 Å². The van der Waals surface area contributed by atoms with E-state index < -0.39 is 0 Å². The summed E-state index contributed by atoms with van der Waals surface area (Å²) in [6.07, 6.45) is 4.34. The Hall–Kier alpha value is -1.47. The van der Waals surface area contributed by atoms with Crippen molar-refractivity contribution in [3.63, 3.8) is 0 Å². The van der Waals surface area contributed by atoms with Gasteiger partial charge in [-0.05, 0) is 12.8 Å². The highest BCUT2D eigenvalue weighted by Gasteiger charge is 2.28. The van der Waals surface area contributed by atoms with Crippen molar-refractivity contribution < 1.29 is 9.53 Å². The Morgan fingerprint density at radius 1 is 1.57 bits per heavy atom. The molecule has 21 heavy (non-hydrogen) atoms. The van der Waals surface area contributed by atoms with Gasteiger partial charge in [-0.15, -0.1) is 10.2 Å². The summed E-state index contributed by atoms with van der Waals surface area (Å²) in [5.74, 6) is 1.49. The van der Waals surface area contributed by atoms with Crippen molar-refractivity contribution in [1.29, 1.82) is 0 Å². The molecule has 2 atom stereocenters. The zero-order valence-electron chi connectivity index (χ0n) is 12.5. The average Bonchev–Trinajstić information content (AvgIpc) is 2.94. The second-order valence-corrected chi connectivity index (χ2v) is 5.91. The first-order valence-corrected chi connectivity index (χ1v) is 7.67.